The van der Waals surface area contributed by atoms with E-state index >= 15 is 0 Å². The van der Waals surface area contributed by atoms with Crippen molar-refractivity contribution in [2.75, 3.05) is 0 Å². The van der Waals surface area contributed by atoms with E-state index in [0.29, 0.717) is 0 Å². The van der Waals surface area contributed by atoms with Crippen molar-refractivity contribution in [2.24, 2.45) is 0 Å². The van der Waals surface area contributed by atoms with Gasteiger partial charge in [-0.3, -0.25) is 0 Å². The molecular weight excluding hydrogens is 492 g/mol. The summed E-state index contributed by atoms with van der Waals surface area (Å²) in [6.45, 7) is 0. The van der Waals surface area contributed by atoms with Gasteiger partial charge in [0.1, 0.15) is 11.5 Å². The molecule has 0 amide bonds. The highest BCUT2D eigenvalue weighted by Crippen LogP contribution is 2.56. The minimum atomic E-state index is -0.491. The Labute approximate surface area is 231 Å². The summed E-state index contributed by atoms with van der Waals surface area (Å²) in [6.07, 6.45) is 0. The van der Waals surface area contributed by atoms with Crippen molar-refractivity contribution < 1.29 is 4.74 Å². The highest BCUT2D eigenvalue weighted by Gasteiger charge is 2.45. The first-order valence-electron chi connectivity index (χ1n) is 13.3. The first-order valence-corrected chi connectivity index (χ1v) is 14.1. The van der Waals surface area contributed by atoms with Gasteiger partial charge in [0.05, 0.1) is 5.41 Å². The Bertz CT molecular complexity index is 1950. The van der Waals surface area contributed by atoms with E-state index in [-0.39, 0.29) is 0 Å². The van der Waals surface area contributed by atoms with Crippen molar-refractivity contribution >= 4 is 31.5 Å². The predicted octanol–water partition coefficient (Wildman–Crippen LogP) is 10.2. The molecule has 0 unspecified atom stereocenters. The van der Waals surface area contributed by atoms with Crippen LogP contribution < -0.4 is 4.74 Å². The molecule has 0 saturated heterocycles. The summed E-state index contributed by atoms with van der Waals surface area (Å²) < 4.78 is 9.34. The topological polar surface area (TPSA) is 9.23 Å². The molecule has 0 saturated carbocycles. The highest BCUT2D eigenvalue weighted by molar-refractivity contribution is 7.26. The van der Waals surface area contributed by atoms with Gasteiger partial charge in [-0.15, -0.1) is 11.3 Å². The Morgan fingerprint density at radius 2 is 1.13 bits per heavy atom. The quantitative estimate of drug-likeness (QED) is 0.227. The molecule has 0 N–H and O–H groups in total. The van der Waals surface area contributed by atoms with Crippen LogP contribution in [0.3, 0.4) is 0 Å². The lowest BCUT2D eigenvalue weighted by Crippen LogP contribution is -2.34. The third-order valence-electron chi connectivity index (χ3n) is 8.03. The Morgan fingerprint density at radius 1 is 0.487 bits per heavy atom. The zero-order valence-electron chi connectivity index (χ0n) is 21.2. The fourth-order valence-corrected chi connectivity index (χ4v) is 7.59. The van der Waals surface area contributed by atoms with Crippen LogP contribution in [0.1, 0.15) is 22.3 Å². The molecule has 0 radical (unpaired) electrons. The van der Waals surface area contributed by atoms with E-state index in [1.807, 2.05) is 11.3 Å². The lowest BCUT2D eigenvalue weighted by molar-refractivity contribution is 0.435. The molecule has 1 aliphatic heterocycles. The minimum Gasteiger partial charge on any atom is -0.457 e. The zero-order chi connectivity index (χ0) is 25.8. The molecule has 0 fully saturated rings. The summed E-state index contributed by atoms with van der Waals surface area (Å²) in [5.74, 6) is 1.80. The van der Waals surface area contributed by atoms with Gasteiger partial charge < -0.3 is 4.74 Å². The Kier molecular flexibility index (Phi) is 4.98. The van der Waals surface area contributed by atoms with Gasteiger partial charge in [-0.1, -0.05) is 127 Å². The molecule has 1 aromatic heterocycles. The maximum Gasteiger partial charge on any atom is 0.132 e. The standard InChI is InChI=1S/C37H24OS/c1-3-12-26(13-4-1)37(27-14-5-2-6-15-27)31-19-8-9-20-33(31)38-34-24-25(22-23-32(34)37)28-17-11-18-30-29-16-7-10-21-35(29)39-36(28)30/h1-24H. The van der Waals surface area contributed by atoms with Crippen molar-refractivity contribution in [1.82, 2.24) is 0 Å². The van der Waals surface area contributed by atoms with Gasteiger partial charge in [0, 0.05) is 31.3 Å². The lowest BCUT2D eigenvalue weighted by Gasteiger charge is -2.41. The van der Waals surface area contributed by atoms with Crippen LogP contribution in [-0.2, 0) is 5.41 Å². The van der Waals surface area contributed by atoms with Crippen molar-refractivity contribution in [2.45, 2.75) is 5.41 Å². The minimum absolute atomic E-state index is 0.491. The maximum absolute atomic E-state index is 6.71. The smallest absolute Gasteiger partial charge is 0.132 e. The van der Waals surface area contributed by atoms with Gasteiger partial charge in [0.25, 0.3) is 0 Å². The molecule has 0 atom stereocenters. The third-order valence-corrected chi connectivity index (χ3v) is 9.25. The second-order valence-electron chi connectivity index (χ2n) is 10.1. The summed E-state index contributed by atoms with van der Waals surface area (Å²) in [7, 11) is 0. The molecule has 0 aliphatic carbocycles. The second kappa shape index (κ2) is 8.69. The first kappa shape index (κ1) is 22.3. The molecule has 0 spiro atoms. The van der Waals surface area contributed by atoms with E-state index < -0.39 is 5.41 Å². The summed E-state index contributed by atoms with van der Waals surface area (Å²) in [4.78, 5) is 0. The summed E-state index contributed by atoms with van der Waals surface area (Å²) >= 11 is 1.86. The number of fused-ring (bicyclic) bond motifs is 5. The Balaban J connectivity index is 1.42. The van der Waals surface area contributed by atoms with E-state index in [2.05, 4.69) is 146 Å². The molecule has 1 nitrogen and oxygen atoms in total. The fourth-order valence-electron chi connectivity index (χ4n) is 6.35. The second-order valence-corrected chi connectivity index (χ2v) is 11.1. The van der Waals surface area contributed by atoms with E-state index in [9.17, 15) is 0 Å². The average Bonchev–Trinajstić information content (AvgIpc) is 3.39. The van der Waals surface area contributed by atoms with Gasteiger partial charge in [0.15, 0.2) is 0 Å². The van der Waals surface area contributed by atoms with Gasteiger partial charge in [-0.25, -0.2) is 0 Å². The van der Waals surface area contributed by atoms with E-state index in [1.54, 1.807) is 0 Å². The summed E-state index contributed by atoms with van der Waals surface area (Å²) in [5, 5.41) is 2.62. The van der Waals surface area contributed by atoms with Crippen molar-refractivity contribution in [1.29, 1.82) is 0 Å². The van der Waals surface area contributed by atoms with Crippen LogP contribution in [-0.4, -0.2) is 0 Å². The fraction of sp³-hybridized carbons (Fsp3) is 0.0270. The van der Waals surface area contributed by atoms with Crippen LogP contribution in [0.15, 0.2) is 146 Å². The Morgan fingerprint density at radius 3 is 1.92 bits per heavy atom. The summed E-state index contributed by atoms with van der Waals surface area (Å²) in [6, 6.07) is 52.3. The van der Waals surface area contributed by atoms with Crippen LogP contribution >= 0.6 is 11.3 Å². The van der Waals surface area contributed by atoms with E-state index in [1.165, 1.54) is 42.4 Å². The maximum atomic E-state index is 6.71. The monoisotopic (exact) mass is 516 g/mol. The largest absolute Gasteiger partial charge is 0.457 e. The number of rotatable bonds is 3. The number of ether oxygens (including phenoxy) is 1. The predicted molar refractivity (Wildman–Crippen MR) is 163 cm³/mol. The molecular formula is C37H24OS. The molecule has 1 aliphatic rings. The van der Waals surface area contributed by atoms with Crippen LogP contribution in [0.2, 0.25) is 0 Å². The number of hydrogen-bond acceptors (Lipinski definition) is 2. The first-order chi connectivity index (χ1) is 19.3. The molecule has 2 heteroatoms. The Hall–Kier alpha value is -4.66. The van der Waals surface area contributed by atoms with Crippen LogP contribution in [0, 0.1) is 0 Å². The number of hydrogen-bond donors (Lipinski definition) is 0. The number of benzene rings is 6. The third kappa shape index (κ3) is 3.25. The van der Waals surface area contributed by atoms with Gasteiger partial charge in [0.2, 0.25) is 0 Å². The highest BCUT2D eigenvalue weighted by atomic mass is 32.1. The van der Waals surface area contributed by atoms with Gasteiger partial charge in [-0.05, 0) is 40.5 Å². The molecule has 8 rings (SSSR count). The van der Waals surface area contributed by atoms with Crippen molar-refractivity contribution in [3.05, 3.63) is 168 Å². The zero-order valence-corrected chi connectivity index (χ0v) is 22.0. The average molecular weight is 517 g/mol. The van der Waals surface area contributed by atoms with Gasteiger partial charge >= 0.3 is 0 Å². The number of thiophene rings is 1. The van der Waals surface area contributed by atoms with Crippen LogP contribution in [0.4, 0.5) is 0 Å². The summed E-state index contributed by atoms with van der Waals surface area (Å²) in [5.41, 5.74) is 6.69. The molecule has 2 heterocycles. The van der Waals surface area contributed by atoms with Gasteiger partial charge in [-0.2, -0.15) is 0 Å². The van der Waals surface area contributed by atoms with Crippen molar-refractivity contribution in [3.8, 4) is 22.6 Å². The lowest BCUT2D eigenvalue weighted by atomic mass is 9.63. The van der Waals surface area contributed by atoms with E-state index in [4.69, 9.17) is 4.74 Å². The van der Waals surface area contributed by atoms with Crippen molar-refractivity contribution in [3.63, 3.8) is 0 Å². The van der Waals surface area contributed by atoms with Crippen LogP contribution in [0.25, 0.3) is 31.3 Å². The number of para-hydroxylation sites is 1. The molecule has 184 valence electrons. The molecule has 0 bridgehead atoms. The normalized spacial score (nSPS) is 13.5. The van der Waals surface area contributed by atoms with E-state index in [0.717, 1.165) is 22.6 Å². The van der Waals surface area contributed by atoms with Crippen LogP contribution in [0.5, 0.6) is 11.5 Å². The molecule has 7 aromatic rings. The molecule has 6 aromatic carbocycles. The SMILES string of the molecule is c1ccc(C2(c3ccccc3)c3ccccc3Oc3cc(-c4cccc5c4sc4ccccc45)ccc32)cc1. The molecule has 39 heavy (non-hydrogen) atoms.